The van der Waals surface area contributed by atoms with E-state index in [1.54, 1.807) is 86.3 Å². The number of hydrogen-bond acceptors (Lipinski definition) is 24. The molecule has 8 aromatic carbocycles. The number of Topliss-reactive ketones (excluding diaryl/α,β-unsaturated/α-hetero) is 8. The smallest absolute Gasteiger partial charge is 0.415 e. The minimum Gasteiger partial charge on any atom is -0.484 e. The van der Waals surface area contributed by atoms with Crippen LogP contribution in [0, 0.1) is 19.7 Å². The van der Waals surface area contributed by atoms with E-state index in [2.05, 4.69) is 15.9 Å². The molecule has 4 saturated heterocycles. The maximum atomic E-state index is 13.0. The van der Waals surface area contributed by atoms with Gasteiger partial charge in [0.05, 0.1) is 0 Å². The third kappa shape index (κ3) is 17.7. The van der Waals surface area contributed by atoms with E-state index in [9.17, 15) is 61.9 Å². The van der Waals surface area contributed by atoms with Crippen LogP contribution < -0.4 is 14.2 Å². The van der Waals surface area contributed by atoms with E-state index in [1.165, 1.54) is 71.3 Å². The summed E-state index contributed by atoms with van der Waals surface area (Å²) < 4.78 is 61.4. The van der Waals surface area contributed by atoms with Crippen molar-refractivity contribution in [2.45, 2.75) is 94.2 Å². The molecule has 8 heterocycles. The van der Waals surface area contributed by atoms with E-state index in [0.29, 0.717) is 225 Å². The molecular weight excluding hydrogens is 1740 g/mol. The second-order valence-electron chi connectivity index (χ2n) is 32.1. The quantitative estimate of drug-likeness (QED) is 0.145. The van der Waals surface area contributed by atoms with Crippen LogP contribution in [0.25, 0.3) is 23.0 Å². The number of likely N-dealkylation sites (tertiary alicyclic amines) is 4. The lowest BCUT2D eigenvalue weighted by atomic mass is 9.90. The molecule has 30 heteroatoms. The molecule has 638 valence electrons. The van der Waals surface area contributed by atoms with Crippen LogP contribution in [0.3, 0.4) is 0 Å². The molecule has 24 nitrogen and oxygen atoms in total. The summed E-state index contributed by atoms with van der Waals surface area (Å²) in [6.45, 7) is 8.03. The molecule has 12 aliphatic rings. The fraction of sp³-hybridized carbons (Fsp3) is 0.284. The number of carbonyl (C=O) groups excluding carboxylic acids is 12. The molecule has 0 aromatic heterocycles. The van der Waals surface area contributed by atoms with Gasteiger partial charge < -0.3 is 57.5 Å². The SMILES string of the molecule is Cc1cccc(OC(=O)N2CCC3(CC2)CSC2=C(O3)c3cc(Br)ccc3C(=O)C2=O)c1.Cc1cccc(OC(=O)N2CCC3(CC2)CSC2=C(O3)c3ccccc3C(=O)C2=O)c1.O=C1C(=O)c2ccccc2C2=C1SCC1(CCN(C(=O)OCc3ccccc3)CC1)O2.O=C1C(=O)c2ccccc2C2=C1SCC1(CCN(C(=O)Oc3ccc(F)cc3)CC1)O2. The van der Waals surface area contributed by atoms with E-state index in [0.717, 1.165) is 21.2 Å². The third-order valence-electron chi connectivity index (χ3n) is 23.7. The number of rotatable bonds is 5. The fourth-order valence-electron chi connectivity index (χ4n) is 16.6. The number of halogens is 2. The molecule has 0 radical (unpaired) electrons. The minimum absolute atomic E-state index is 0.247. The molecule has 0 unspecified atom stereocenters. The number of ether oxygens (including phenoxy) is 8. The molecule has 4 aliphatic carbocycles. The Labute approximate surface area is 743 Å². The van der Waals surface area contributed by atoms with Crippen molar-refractivity contribution in [3.63, 3.8) is 0 Å². The molecule has 4 fully saturated rings. The van der Waals surface area contributed by atoms with Crippen molar-refractivity contribution < 1.29 is 99.8 Å². The van der Waals surface area contributed by atoms with Gasteiger partial charge in [-0.05, 0) is 97.3 Å². The summed E-state index contributed by atoms with van der Waals surface area (Å²) in [6.07, 6.45) is 3.35. The highest BCUT2D eigenvalue weighted by Crippen LogP contribution is 2.53. The Morgan fingerprint density at radius 1 is 0.336 bits per heavy atom. The van der Waals surface area contributed by atoms with Crippen molar-refractivity contribution in [1.82, 2.24) is 19.6 Å². The van der Waals surface area contributed by atoms with Crippen molar-refractivity contribution in [3.8, 4) is 17.2 Å². The highest BCUT2D eigenvalue weighted by atomic mass is 79.9. The van der Waals surface area contributed by atoms with Crippen molar-refractivity contribution in [2.24, 2.45) is 0 Å². The predicted molar refractivity (Wildman–Crippen MR) is 470 cm³/mol. The Hall–Kier alpha value is -11.8. The number of ketones is 8. The van der Waals surface area contributed by atoms with Crippen LogP contribution in [0.4, 0.5) is 23.6 Å². The van der Waals surface area contributed by atoms with Gasteiger partial charge >= 0.3 is 24.4 Å². The van der Waals surface area contributed by atoms with Crippen LogP contribution in [0.1, 0.15) is 132 Å². The van der Waals surface area contributed by atoms with Crippen LogP contribution in [-0.2, 0) is 49.5 Å². The molecule has 20 rings (SSSR count). The Morgan fingerprint density at radius 3 is 0.984 bits per heavy atom. The summed E-state index contributed by atoms with van der Waals surface area (Å²) in [6, 6.07) is 56.1. The topological polar surface area (TPSA) is 292 Å². The first-order valence-corrected chi connectivity index (χ1v) is 45.5. The van der Waals surface area contributed by atoms with Gasteiger partial charge in [0.2, 0.25) is 46.3 Å². The zero-order valence-electron chi connectivity index (χ0n) is 67.7. The lowest BCUT2D eigenvalue weighted by Gasteiger charge is -2.45. The summed E-state index contributed by atoms with van der Waals surface area (Å²) in [5, 5.41) is 0. The number of thioether (sulfide) groups is 4. The van der Waals surface area contributed by atoms with Gasteiger partial charge in [0.1, 0.15) is 94.7 Å². The highest BCUT2D eigenvalue weighted by Gasteiger charge is 2.52. The molecule has 4 spiro atoms. The molecule has 125 heavy (non-hydrogen) atoms. The van der Waals surface area contributed by atoms with Gasteiger partial charge in [0, 0.05) is 176 Å². The molecule has 0 bridgehead atoms. The van der Waals surface area contributed by atoms with Crippen molar-refractivity contribution in [3.05, 3.63) is 285 Å². The van der Waals surface area contributed by atoms with Crippen molar-refractivity contribution in [1.29, 1.82) is 0 Å². The molecule has 4 amide bonds. The van der Waals surface area contributed by atoms with Crippen LogP contribution in [0.2, 0.25) is 0 Å². The normalized spacial score (nSPS) is 19.5. The zero-order valence-corrected chi connectivity index (χ0v) is 72.5. The second kappa shape index (κ2) is 35.7. The van der Waals surface area contributed by atoms with Gasteiger partial charge in [0.25, 0.3) is 0 Å². The monoisotopic (exact) mass is 1820 g/mol. The van der Waals surface area contributed by atoms with E-state index in [-0.39, 0.29) is 30.6 Å². The largest absolute Gasteiger partial charge is 0.484 e. The van der Waals surface area contributed by atoms with E-state index in [1.807, 2.05) is 117 Å². The number of allylic oxidation sites excluding steroid dienone is 4. The number of hydrogen-bond donors (Lipinski definition) is 0. The summed E-state index contributed by atoms with van der Waals surface area (Å²) in [5.41, 5.74) is 5.21. The summed E-state index contributed by atoms with van der Waals surface area (Å²) >= 11 is 8.97. The van der Waals surface area contributed by atoms with E-state index in [4.69, 9.17) is 37.9 Å². The number of nitrogens with zero attached hydrogens (tertiary/aromatic N) is 4. The third-order valence-corrected chi connectivity index (χ3v) is 29.5. The lowest BCUT2D eigenvalue weighted by Crippen LogP contribution is -2.51. The average Bonchev–Trinajstić information content (AvgIpc) is 0.753. The minimum atomic E-state index is -0.524. The summed E-state index contributed by atoms with van der Waals surface area (Å²) in [5.74, 6) is 1.23. The van der Waals surface area contributed by atoms with E-state index >= 15 is 0 Å². The molecule has 8 aliphatic heterocycles. The second-order valence-corrected chi connectivity index (χ2v) is 36.9. The molecular formula is C95H80BrFN4O20S4. The first-order valence-electron chi connectivity index (χ1n) is 40.8. The maximum Gasteiger partial charge on any atom is 0.415 e. The zero-order chi connectivity index (χ0) is 87.1. The summed E-state index contributed by atoms with van der Waals surface area (Å²) in [7, 11) is 0. The molecule has 0 saturated carbocycles. The van der Waals surface area contributed by atoms with Crippen LogP contribution in [0.5, 0.6) is 17.2 Å². The van der Waals surface area contributed by atoms with Gasteiger partial charge in [-0.2, -0.15) is 0 Å². The summed E-state index contributed by atoms with van der Waals surface area (Å²) in [4.78, 5) is 158. The number of fused-ring (bicyclic) bond motifs is 8. The van der Waals surface area contributed by atoms with Gasteiger partial charge in [-0.15, -0.1) is 47.0 Å². The Morgan fingerprint density at radius 2 is 0.640 bits per heavy atom. The van der Waals surface area contributed by atoms with Crippen LogP contribution >= 0.6 is 63.0 Å². The van der Waals surface area contributed by atoms with Crippen LogP contribution in [-0.4, -0.2) is 188 Å². The first-order chi connectivity index (χ1) is 60.3. The Bertz CT molecular complexity index is 5960. The number of piperidine rings is 4. The average molecular weight is 1820 g/mol. The van der Waals surface area contributed by atoms with Gasteiger partial charge in [-0.3, -0.25) is 38.4 Å². The maximum absolute atomic E-state index is 13.0. The van der Waals surface area contributed by atoms with Gasteiger partial charge in [-0.1, -0.05) is 143 Å². The van der Waals surface area contributed by atoms with Crippen LogP contribution in [0.15, 0.2) is 218 Å². The first kappa shape index (κ1) is 85.3. The number of aryl methyl sites for hydroxylation is 2. The van der Waals surface area contributed by atoms with Crippen molar-refractivity contribution in [2.75, 3.05) is 75.4 Å². The Kier molecular flexibility index (Phi) is 24.3. The fourth-order valence-corrected chi connectivity index (χ4v) is 22.0. The Balaban J connectivity index is 0.000000118. The highest BCUT2D eigenvalue weighted by molar-refractivity contribution is 9.10. The number of benzene rings is 8. The van der Waals surface area contributed by atoms with Crippen molar-refractivity contribution >= 4 is 157 Å². The van der Waals surface area contributed by atoms with E-state index < -0.39 is 80.6 Å². The number of carbonyl (C=O) groups is 12. The number of amides is 4. The standard InChI is InChI=1S/C24H20BrNO5S.2C24H21NO5S.C23H18FNO5S/c1-14-3-2-4-16(11-14)30-23(29)26-9-7-24(8-10-26)13-32-22-20(28)19(27)17-6-5-15(25)12-18(17)21(22)31-24;1-15-5-4-6-16(13-15)29-23(28)25-11-9-24(10-12-25)14-31-22-20(27)19(26)17-7-2-3-8-18(17)21(22)30-24;26-19-17-8-4-5-9-18(17)21-22(20(19)27)31-15-24(30-21)10-12-25(13-11-24)23(28)29-14-16-6-2-1-3-7-16;24-14-5-7-15(8-6-14)29-22(28)25-11-9-23(10-12-25)13-31-21-19(27)18(26)16-3-1-2-4-17(16)20(21)30-23/h2-6,11-12H,7-10,13H2,1H3;2-8,13H,9-12,14H2,1H3;1-9H,10-15H2;1-8H,9-13H2. The molecule has 8 aromatic rings. The predicted octanol–water partition coefficient (Wildman–Crippen LogP) is 17.3. The molecule has 0 N–H and O–H groups in total. The van der Waals surface area contributed by atoms with Gasteiger partial charge in [0.15, 0.2) is 0 Å². The molecule has 0 atom stereocenters. The van der Waals surface area contributed by atoms with Gasteiger partial charge in [-0.25, -0.2) is 23.6 Å². The lowest BCUT2D eigenvalue weighted by molar-refractivity contribution is -0.112.